The van der Waals surface area contributed by atoms with Gasteiger partial charge in [-0.15, -0.1) is 0 Å². The first-order valence-corrected chi connectivity index (χ1v) is 35.7. The molecule has 0 aromatic heterocycles. The van der Waals surface area contributed by atoms with Crippen LogP contribution in [0, 0.1) is 0 Å². The standard InChI is InChI=1S/C77H134O6/c1-4-7-10-13-16-19-22-25-28-31-33-35-37-38-40-41-43-46-49-52-55-58-61-64-67-70-76(79)82-73-74(72-81-75(78)69-66-63-60-57-54-51-48-45-30-27-24-21-18-15-12-9-6-3)83-77(80)71-68-65-62-59-56-53-50-47-44-42-39-36-34-32-29-26-23-20-17-14-11-8-5-2/h7-8,10-11,16-17,19-20,25-26,28-29,33-36,74H,4-6,9,12-15,18,21-24,27,30-32,37-73H2,1-3H3/b10-7-,11-8-,19-16-,20-17-,28-25-,29-26-,35-33-,36-34-. The third kappa shape index (κ3) is 69.0. The summed E-state index contributed by atoms with van der Waals surface area (Å²) in [6.45, 7) is 6.47. The summed E-state index contributed by atoms with van der Waals surface area (Å²) in [6, 6.07) is 0. The van der Waals surface area contributed by atoms with Gasteiger partial charge in [0.1, 0.15) is 13.2 Å². The van der Waals surface area contributed by atoms with Gasteiger partial charge in [-0.3, -0.25) is 14.4 Å². The van der Waals surface area contributed by atoms with Crippen LogP contribution in [0.25, 0.3) is 0 Å². The molecule has 1 unspecified atom stereocenters. The van der Waals surface area contributed by atoms with E-state index >= 15 is 0 Å². The minimum Gasteiger partial charge on any atom is -0.462 e. The van der Waals surface area contributed by atoms with Gasteiger partial charge in [-0.1, -0.05) is 336 Å². The summed E-state index contributed by atoms with van der Waals surface area (Å²) in [5.74, 6) is -0.862. The molecule has 0 aromatic carbocycles. The van der Waals surface area contributed by atoms with Crippen molar-refractivity contribution in [3.63, 3.8) is 0 Å². The van der Waals surface area contributed by atoms with Crippen LogP contribution < -0.4 is 0 Å². The molecule has 83 heavy (non-hydrogen) atoms. The van der Waals surface area contributed by atoms with Crippen LogP contribution in [0.1, 0.15) is 355 Å². The smallest absolute Gasteiger partial charge is 0.306 e. The third-order valence-corrected chi connectivity index (χ3v) is 15.6. The first kappa shape index (κ1) is 79.3. The molecule has 0 heterocycles. The summed E-state index contributed by atoms with van der Waals surface area (Å²) in [7, 11) is 0. The van der Waals surface area contributed by atoms with E-state index in [4.69, 9.17) is 14.2 Å². The van der Waals surface area contributed by atoms with Crippen molar-refractivity contribution < 1.29 is 28.6 Å². The van der Waals surface area contributed by atoms with Crippen LogP contribution in [-0.2, 0) is 28.6 Å². The Balaban J connectivity index is 4.34. The highest BCUT2D eigenvalue weighted by Gasteiger charge is 2.19. The lowest BCUT2D eigenvalue weighted by Gasteiger charge is -2.18. The highest BCUT2D eigenvalue weighted by molar-refractivity contribution is 5.71. The molecule has 0 saturated heterocycles. The molecule has 6 heteroatoms. The predicted molar refractivity (Wildman–Crippen MR) is 362 cm³/mol. The molecule has 0 spiro atoms. The van der Waals surface area contributed by atoms with E-state index < -0.39 is 6.10 Å². The maximum atomic E-state index is 13.0. The average Bonchev–Trinajstić information content (AvgIpc) is 3.49. The highest BCUT2D eigenvalue weighted by Crippen LogP contribution is 2.18. The van der Waals surface area contributed by atoms with Gasteiger partial charge in [0, 0.05) is 19.3 Å². The number of carbonyl (C=O) groups excluding carboxylic acids is 3. The SMILES string of the molecule is CC/C=C\C/C=C\C/C=C\C/C=C\CCCCCCCCCCCCCCC(=O)OCC(COC(=O)CCCCCCCCCCCCCCCCCCC)OC(=O)CCCCCCCCCCCC/C=C\C/C=C\C/C=C\C/C=C\CC. The van der Waals surface area contributed by atoms with Crippen molar-refractivity contribution in [2.75, 3.05) is 13.2 Å². The van der Waals surface area contributed by atoms with Gasteiger partial charge in [0.15, 0.2) is 6.10 Å². The van der Waals surface area contributed by atoms with Crippen molar-refractivity contribution in [1.82, 2.24) is 0 Å². The first-order valence-electron chi connectivity index (χ1n) is 35.7. The number of carbonyl (C=O) groups is 3. The van der Waals surface area contributed by atoms with Crippen molar-refractivity contribution in [1.29, 1.82) is 0 Å². The second kappa shape index (κ2) is 70.8. The number of allylic oxidation sites excluding steroid dienone is 16. The zero-order valence-electron chi connectivity index (χ0n) is 54.9. The zero-order valence-corrected chi connectivity index (χ0v) is 54.9. The molecule has 0 aliphatic carbocycles. The second-order valence-electron chi connectivity index (χ2n) is 23.7. The fraction of sp³-hybridized carbons (Fsp3) is 0.753. The highest BCUT2D eigenvalue weighted by atomic mass is 16.6. The second-order valence-corrected chi connectivity index (χ2v) is 23.7. The van der Waals surface area contributed by atoms with Crippen molar-refractivity contribution in [2.24, 2.45) is 0 Å². The Hall–Kier alpha value is -3.67. The van der Waals surface area contributed by atoms with E-state index in [0.717, 1.165) is 109 Å². The lowest BCUT2D eigenvalue weighted by molar-refractivity contribution is -0.167. The molecule has 0 radical (unpaired) electrons. The number of esters is 3. The Labute approximate surface area is 515 Å². The molecule has 0 fully saturated rings. The van der Waals surface area contributed by atoms with E-state index in [9.17, 15) is 14.4 Å². The van der Waals surface area contributed by atoms with Crippen LogP contribution in [-0.4, -0.2) is 37.2 Å². The normalized spacial score (nSPS) is 12.7. The number of rotatable bonds is 65. The van der Waals surface area contributed by atoms with E-state index in [1.54, 1.807) is 0 Å². The van der Waals surface area contributed by atoms with Gasteiger partial charge in [-0.05, 0) is 96.3 Å². The fourth-order valence-electron chi connectivity index (χ4n) is 10.3. The van der Waals surface area contributed by atoms with Crippen LogP contribution in [0.3, 0.4) is 0 Å². The predicted octanol–water partition coefficient (Wildman–Crippen LogP) is 24.8. The summed E-state index contributed by atoms with van der Waals surface area (Å²) in [5.41, 5.74) is 0. The molecule has 478 valence electrons. The topological polar surface area (TPSA) is 78.9 Å². The molecule has 0 aromatic rings. The maximum Gasteiger partial charge on any atom is 0.306 e. The van der Waals surface area contributed by atoms with Gasteiger partial charge < -0.3 is 14.2 Å². The van der Waals surface area contributed by atoms with E-state index in [0.29, 0.717) is 19.3 Å². The zero-order chi connectivity index (χ0) is 59.9. The number of unbranched alkanes of at least 4 members (excludes halogenated alkanes) is 38. The van der Waals surface area contributed by atoms with Gasteiger partial charge in [-0.2, -0.15) is 0 Å². The van der Waals surface area contributed by atoms with E-state index in [1.807, 2.05) is 0 Å². The van der Waals surface area contributed by atoms with Crippen molar-refractivity contribution in [3.05, 3.63) is 97.2 Å². The van der Waals surface area contributed by atoms with Gasteiger partial charge in [0.05, 0.1) is 0 Å². The molecule has 0 saturated carbocycles. The van der Waals surface area contributed by atoms with Crippen LogP contribution in [0.2, 0.25) is 0 Å². The van der Waals surface area contributed by atoms with Gasteiger partial charge in [0.2, 0.25) is 0 Å². The fourth-order valence-corrected chi connectivity index (χ4v) is 10.3. The van der Waals surface area contributed by atoms with E-state index in [-0.39, 0.29) is 31.1 Å². The Kier molecular flexibility index (Phi) is 67.7. The lowest BCUT2D eigenvalue weighted by atomic mass is 10.0. The number of hydrogen-bond acceptors (Lipinski definition) is 6. The average molecular weight is 1160 g/mol. The van der Waals surface area contributed by atoms with Gasteiger partial charge in [-0.25, -0.2) is 0 Å². The quantitative estimate of drug-likeness (QED) is 0.0261. The summed E-state index contributed by atoms with van der Waals surface area (Å²) in [5, 5.41) is 0. The van der Waals surface area contributed by atoms with Crippen molar-refractivity contribution in [2.45, 2.75) is 361 Å². The van der Waals surface area contributed by atoms with Crippen LogP contribution in [0.5, 0.6) is 0 Å². The largest absolute Gasteiger partial charge is 0.462 e. The molecule has 0 bridgehead atoms. The van der Waals surface area contributed by atoms with Crippen LogP contribution >= 0.6 is 0 Å². The summed E-state index contributed by atoms with van der Waals surface area (Å²) in [4.78, 5) is 38.5. The molecule has 0 N–H and O–H groups in total. The monoisotopic (exact) mass is 1160 g/mol. The summed E-state index contributed by atoms with van der Waals surface area (Å²) >= 11 is 0. The Morgan fingerprint density at radius 2 is 0.470 bits per heavy atom. The summed E-state index contributed by atoms with van der Waals surface area (Å²) in [6.07, 6.45) is 95.7. The summed E-state index contributed by atoms with van der Waals surface area (Å²) < 4.78 is 17.0. The van der Waals surface area contributed by atoms with E-state index in [1.165, 1.54) is 205 Å². The molecule has 0 aliphatic rings. The molecule has 1 atom stereocenters. The van der Waals surface area contributed by atoms with Crippen LogP contribution in [0.4, 0.5) is 0 Å². The molecule has 6 nitrogen and oxygen atoms in total. The van der Waals surface area contributed by atoms with Crippen LogP contribution in [0.15, 0.2) is 97.2 Å². The Morgan fingerprint density at radius 1 is 0.253 bits per heavy atom. The van der Waals surface area contributed by atoms with Gasteiger partial charge in [0.25, 0.3) is 0 Å². The molecular weight excluding hydrogens is 1020 g/mol. The Bertz CT molecular complexity index is 1610. The maximum absolute atomic E-state index is 13.0. The number of ether oxygens (including phenoxy) is 3. The molecule has 0 aliphatic heterocycles. The minimum atomic E-state index is -0.782. The van der Waals surface area contributed by atoms with Gasteiger partial charge >= 0.3 is 17.9 Å². The Morgan fingerprint density at radius 3 is 0.735 bits per heavy atom. The lowest BCUT2D eigenvalue weighted by Crippen LogP contribution is -2.30. The molecule has 0 amide bonds. The van der Waals surface area contributed by atoms with Crippen molar-refractivity contribution in [3.8, 4) is 0 Å². The molecular formula is C77H134O6. The molecule has 0 rings (SSSR count). The first-order chi connectivity index (χ1) is 41.0. The van der Waals surface area contributed by atoms with Crippen molar-refractivity contribution >= 4 is 17.9 Å². The minimum absolute atomic E-state index is 0.0755. The number of hydrogen-bond donors (Lipinski definition) is 0. The third-order valence-electron chi connectivity index (χ3n) is 15.6. The van der Waals surface area contributed by atoms with E-state index in [2.05, 4.69) is 118 Å².